The maximum absolute atomic E-state index is 10.4. The van der Waals surface area contributed by atoms with Crippen molar-refractivity contribution in [2.45, 2.75) is 134 Å². The zero-order chi connectivity index (χ0) is 27.4. The zero-order valence-electron chi connectivity index (χ0n) is 24.1. The first-order chi connectivity index (χ1) is 17.7. The maximum atomic E-state index is 10.4. The van der Waals surface area contributed by atoms with E-state index in [1.54, 1.807) is 12.1 Å². The number of rotatable bonds is 19. The Bertz CT molecular complexity index is 770. The molecule has 0 bridgehead atoms. The van der Waals surface area contributed by atoms with E-state index in [1.807, 2.05) is 6.92 Å². The number of aryl methyl sites for hydroxylation is 1. The van der Waals surface area contributed by atoms with E-state index in [-0.39, 0.29) is 11.1 Å². The van der Waals surface area contributed by atoms with Gasteiger partial charge in [0.15, 0.2) is 6.23 Å². The molecule has 0 aliphatic carbocycles. The summed E-state index contributed by atoms with van der Waals surface area (Å²) in [6.45, 7) is 7.36. The van der Waals surface area contributed by atoms with Crippen LogP contribution in [0.3, 0.4) is 0 Å². The topological polar surface area (TPSA) is 85.1 Å². The second-order valence-electron chi connectivity index (χ2n) is 11.0. The molecule has 2 atom stereocenters. The molecule has 1 aliphatic heterocycles. The van der Waals surface area contributed by atoms with Gasteiger partial charge in [0.05, 0.1) is 18.0 Å². The van der Waals surface area contributed by atoms with Crippen LogP contribution in [0.15, 0.2) is 29.2 Å². The van der Waals surface area contributed by atoms with Gasteiger partial charge in [-0.15, -0.1) is 0 Å². The summed E-state index contributed by atoms with van der Waals surface area (Å²) < 4.78 is 31.2. The molecule has 216 valence electrons. The zero-order valence-corrected chi connectivity index (χ0v) is 24.9. The lowest BCUT2D eigenvalue weighted by Crippen LogP contribution is -3.14. The van der Waals surface area contributed by atoms with Crippen LogP contribution in [0.1, 0.15) is 122 Å². The molecule has 7 heteroatoms. The van der Waals surface area contributed by atoms with Gasteiger partial charge in [0.25, 0.3) is 0 Å². The monoisotopic (exact) mass is 540 g/mol. The summed E-state index contributed by atoms with van der Waals surface area (Å²) in [4.78, 5) is 3.50. The third-order valence-electron chi connectivity index (χ3n) is 7.40. The van der Waals surface area contributed by atoms with Crippen LogP contribution in [-0.2, 0) is 10.1 Å². The second-order valence-corrected chi connectivity index (χ2v) is 12.4. The lowest BCUT2D eigenvalue weighted by atomic mass is 10.0. The Morgan fingerprint density at radius 3 is 1.65 bits per heavy atom. The summed E-state index contributed by atoms with van der Waals surface area (Å²) in [5.41, 5.74) is 0.928. The van der Waals surface area contributed by atoms with E-state index in [1.165, 1.54) is 120 Å². The fourth-order valence-electron chi connectivity index (χ4n) is 4.91. The summed E-state index contributed by atoms with van der Waals surface area (Å²) in [5.74, 6) is 0. The van der Waals surface area contributed by atoms with Gasteiger partial charge >= 0.3 is 0 Å². The SMILES string of the molecule is CCCCCCCCCCCCCCCCCCC(O)[NH+]1CCN(C)C1.Cc1ccc(S(=O)(=O)[O-])cc1. The first kappa shape index (κ1) is 34.0. The number of likely N-dealkylation sites (N-methyl/N-ethyl adjacent to an activating group) is 1. The van der Waals surface area contributed by atoms with Crippen molar-refractivity contribution in [2.24, 2.45) is 0 Å². The molecular weight excluding hydrogens is 484 g/mol. The number of hydrogen-bond acceptors (Lipinski definition) is 5. The van der Waals surface area contributed by atoms with Gasteiger partial charge in [-0.05, 0) is 32.5 Å². The number of aliphatic hydroxyl groups excluding tert-OH is 1. The summed E-state index contributed by atoms with van der Waals surface area (Å²) in [5, 5.41) is 10.2. The molecule has 0 radical (unpaired) electrons. The molecule has 0 amide bonds. The highest BCUT2D eigenvalue weighted by Gasteiger charge is 2.26. The van der Waals surface area contributed by atoms with E-state index in [0.717, 1.165) is 31.7 Å². The highest BCUT2D eigenvalue weighted by Crippen LogP contribution is 2.14. The lowest BCUT2D eigenvalue weighted by molar-refractivity contribution is -0.940. The maximum Gasteiger partial charge on any atom is 0.189 e. The number of nitrogens with zero attached hydrogens (tertiary/aromatic N) is 1. The fraction of sp³-hybridized carbons (Fsp3) is 0.800. The summed E-state index contributed by atoms with van der Waals surface area (Å²) in [7, 11) is -2.12. The largest absolute Gasteiger partial charge is 0.744 e. The van der Waals surface area contributed by atoms with E-state index in [0.29, 0.717) is 0 Å². The van der Waals surface area contributed by atoms with Gasteiger partial charge in [0.1, 0.15) is 16.8 Å². The van der Waals surface area contributed by atoms with Gasteiger partial charge in [0.2, 0.25) is 0 Å². The minimum Gasteiger partial charge on any atom is -0.744 e. The third-order valence-corrected chi connectivity index (χ3v) is 8.25. The van der Waals surface area contributed by atoms with Crippen LogP contribution in [0.5, 0.6) is 0 Å². The van der Waals surface area contributed by atoms with E-state index < -0.39 is 10.1 Å². The predicted molar refractivity (Wildman–Crippen MR) is 153 cm³/mol. The van der Waals surface area contributed by atoms with Crippen LogP contribution < -0.4 is 4.90 Å². The minimum atomic E-state index is -4.27. The number of aliphatic hydroxyl groups is 1. The number of quaternary nitrogens is 1. The molecule has 2 N–H and O–H groups in total. The number of benzene rings is 1. The number of nitrogens with one attached hydrogen (secondary N) is 1. The number of hydrogen-bond donors (Lipinski definition) is 2. The Morgan fingerprint density at radius 1 is 0.838 bits per heavy atom. The van der Waals surface area contributed by atoms with Gasteiger partial charge in [-0.2, -0.15) is 0 Å². The fourth-order valence-corrected chi connectivity index (χ4v) is 5.38. The average molecular weight is 541 g/mol. The van der Waals surface area contributed by atoms with E-state index in [4.69, 9.17) is 0 Å². The Balaban J connectivity index is 0.000000516. The van der Waals surface area contributed by atoms with E-state index in [2.05, 4.69) is 18.9 Å². The van der Waals surface area contributed by atoms with Crippen LogP contribution >= 0.6 is 0 Å². The Kier molecular flexibility index (Phi) is 19.2. The molecule has 6 nitrogen and oxygen atoms in total. The molecule has 1 aliphatic rings. The molecule has 2 unspecified atom stereocenters. The molecule has 0 saturated carbocycles. The number of unbranched alkanes of at least 4 members (excludes halogenated alkanes) is 15. The summed E-state index contributed by atoms with van der Waals surface area (Å²) >= 11 is 0. The van der Waals surface area contributed by atoms with Crippen LogP contribution in [-0.4, -0.2) is 56.0 Å². The Hall–Kier alpha value is -0.990. The molecule has 1 fully saturated rings. The normalized spacial score (nSPS) is 16.9. The first-order valence-corrected chi connectivity index (χ1v) is 16.4. The van der Waals surface area contributed by atoms with Gasteiger partial charge in [-0.3, -0.25) is 9.80 Å². The van der Waals surface area contributed by atoms with Crippen molar-refractivity contribution in [1.82, 2.24) is 4.90 Å². The van der Waals surface area contributed by atoms with Crippen LogP contribution in [0.2, 0.25) is 0 Å². The van der Waals surface area contributed by atoms with E-state index in [9.17, 15) is 18.1 Å². The summed E-state index contributed by atoms with van der Waals surface area (Å²) in [6.07, 6.45) is 23.4. The van der Waals surface area contributed by atoms with Gasteiger partial charge in [-0.25, -0.2) is 8.42 Å². The molecule has 0 aromatic heterocycles. The molecular formula is C30H56N2O4S. The molecule has 1 aromatic rings. The minimum absolute atomic E-state index is 0.133. The quantitative estimate of drug-likeness (QED) is 0.175. The van der Waals surface area contributed by atoms with Crippen molar-refractivity contribution in [3.05, 3.63) is 29.8 Å². The predicted octanol–water partition coefficient (Wildman–Crippen LogP) is 5.64. The molecule has 1 heterocycles. The Morgan fingerprint density at radius 2 is 1.27 bits per heavy atom. The van der Waals surface area contributed by atoms with Crippen molar-refractivity contribution in [3.8, 4) is 0 Å². The van der Waals surface area contributed by atoms with Crippen LogP contribution in [0.4, 0.5) is 0 Å². The lowest BCUT2D eigenvalue weighted by Gasteiger charge is -2.19. The summed E-state index contributed by atoms with van der Waals surface area (Å²) in [6, 6.07) is 5.78. The van der Waals surface area contributed by atoms with Gasteiger partial charge in [-0.1, -0.05) is 121 Å². The van der Waals surface area contributed by atoms with Crippen molar-refractivity contribution in [2.75, 3.05) is 26.8 Å². The highest BCUT2D eigenvalue weighted by atomic mass is 32.2. The van der Waals surface area contributed by atoms with Crippen molar-refractivity contribution in [1.29, 1.82) is 0 Å². The highest BCUT2D eigenvalue weighted by molar-refractivity contribution is 7.85. The smallest absolute Gasteiger partial charge is 0.189 e. The molecule has 0 spiro atoms. The van der Waals surface area contributed by atoms with Crippen LogP contribution in [0, 0.1) is 6.92 Å². The molecule has 1 saturated heterocycles. The molecule has 2 rings (SSSR count). The average Bonchev–Trinajstić information content (AvgIpc) is 3.30. The van der Waals surface area contributed by atoms with Crippen molar-refractivity contribution >= 4 is 10.1 Å². The standard InChI is InChI=1S/C23H48N2O.C7H8O3S/c1-3-4-5-6-7-8-9-10-11-12-13-14-15-16-17-18-19-23(26)25-21-20-24(2)22-25;1-6-2-4-7(5-3-6)11(8,9)10/h23,26H,3-22H2,1-2H3;2-5H,1H3,(H,8,9,10). The first-order valence-electron chi connectivity index (χ1n) is 15.0. The van der Waals surface area contributed by atoms with Gasteiger partial charge in [0, 0.05) is 6.42 Å². The van der Waals surface area contributed by atoms with Crippen molar-refractivity contribution in [3.63, 3.8) is 0 Å². The molecule has 37 heavy (non-hydrogen) atoms. The third kappa shape index (κ3) is 18.0. The van der Waals surface area contributed by atoms with Crippen molar-refractivity contribution < 1.29 is 23.0 Å². The molecule has 1 aromatic carbocycles. The second kappa shape index (κ2) is 20.9. The Labute approximate surface area is 228 Å². The van der Waals surface area contributed by atoms with E-state index >= 15 is 0 Å². The van der Waals surface area contributed by atoms with Gasteiger partial charge < -0.3 is 9.66 Å². The van der Waals surface area contributed by atoms with Crippen LogP contribution in [0.25, 0.3) is 0 Å².